The average molecular weight is 140 g/mol. The molecule has 0 amide bonds. The Morgan fingerprint density at radius 1 is 1.12 bits per heavy atom. The van der Waals surface area contributed by atoms with Crippen LogP contribution in [0.1, 0.15) is 0 Å². The summed E-state index contributed by atoms with van der Waals surface area (Å²) in [4.78, 5) is 0. The quantitative estimate of drug-likeness (QED) is 0.513. The molecule has 0 aliphatic rings. The molecule has 8 heavy (non-hydrogen) atoms. The van der Waals surface area contributed by atoms with Crippen molar-refractivity contribution in [1.29, 1.82) is 0 Å². The molecule has 3 nitrogen and oxygen atoms in total. The highest BCUT2D eigenvalue weighted by Crippen LogP contribution is 1.88. The van der Waals surface area contributed by atoms with Crippen molar-refractivity contribution in [1.82, 2.24) is 4.42 Å². The first-order valence-electron chi connectivity index (χ1n) is 2.43. The van der Waals surface area contributed by atoms with Gasteiger partial charge in [0.1, 0.15) is 0 Å². The predicted octanol–water partition coefficient (Wildman–Crippen LogP) is -0.573. The summed E-state index contributed by atoms with van der Waals surface area (Å²) in [5.74, 6) is 0. The van der Waals surface area contributed by atoms with Crippen molar-refractivity contribution in [2.75, 3.05) is 26.3 Å². The van der Waals surface area contributed by atoms with Crippen molar-refractivity contribution < 1.29 is 10.2 Å². The molecule has 0 heterocycles. The van der Waals surface area contributed by atoms with Crippen LogP contribution in [0.25, 0.3) is 0 Å². The lowest BCUT2D eigenvalue weighted by Gasteiger charge is -2.07. The Labute approximate surface area is 53.6 Å². The Morgan fingerprint density at radius 2 is 1.50 bits per heavy atom. The van der Waals surface area contributed by atoms with Gasteiger partial charge in [-0.1, -0.05) is 0 Å². The van der Waals surface area contributed by atoms with E-state index in [0.717, 1.165) is 0 Å². The number of aliphatic hydroxyl groups excluding tert-OH is 2. The van der Waals surface area contributed by atoms with E-state index < -0.39 is 0 Å². The van der Waals surface area contributed by atoms with E-state index in [-0.39, 0.29) is 13.2 Å². The normalized spacial score (nSPS) is 10.5. The fraction of sp³-hybridized carbons (Fsp3) is 1.00. The summed E-state index contributed by atoms with van der Waals surface area (Å²) in [5, 5.41) is 16.5. The third kappa shape index (κ3) is 4.33. The van der Waals surface area contributed by atoms with E-state index in [0.29, 0.717) is 13.1 Å². The van der Waals surface area contributed by atoms with Crippen molar-refractivity contribution in [3.8, 4) is 0 Å². The maximum absolute atomic E-state index is 8.26. The van der Waals surface area contributed by atoms with Crippen LogP contribution in [0.3, 0.4) is 0 Å². The van der Waals surface area contributed by atoms with E-state index in [1.54, 1.807) is 0 Å². The number of halogens is 1. The highest BCUT2D eigenvalue weighted by molar-refractivity contribution is 6.13. The van der Waals surface area contributed by atoms with Crippen LogP contribution in [-0.2, 0) is 0 Å². The zero-order valence-corrected chi connectivity index (χ0v) is 5.30. The van der Waals surface area contributed by atoms with Crippen LogP contribution in [0.5, 0.6) is 0 Å². The van der Waals surface area contributed by atoms with Gasteiger partial charge in [-0.2, -0.15) is 0 Å². The Morgan fingerprint density at radius 3 is 1.75 bits per heavy atom. The standard InChI is InChI=1S/C4H10ClNO2/c5-6(1-3-7)2-4-8/h7-8H,1-4H2. The van der Waals surface area contributed by atoms with Crippen LogP contribution in [-0.4, -0.2) is 40.9 Å². The second-order valence-electron chi connectivity index (χ2n) is 1.36. The molecule has 50 valence electrons. The number of rotatable bonds is 4. The number of nitrogens with zero attached hydrogens (tertiary/aromatic N) is 1. The van der Waals surface area contributed by atoms with Crippen LogP contribution in [0.2, 0.25) is 0 Å². The Kier molecular flexibility index (Phi) is 5.42. The van der Waals surface area contributed by atoms with Crippen molar-refractivity contribution in [3.63, 3.8) is 0 Å². The first-order chi connectivity index (χ1) is 3.81. The SMILES string of the molecule is OCCN(Cl)CCO. The second kappa shape index (κ2) is 5.31. The van der Waals surface area contributed by atoms with Gasteiger partial charge < -0.3 is 10.2 Å². The van der Waals surface area contributed by atoms with Gasteiger partial charge in [-0.25, -0.2) is 4.42 Å². The van der Waals surface area contributed by atoms with Crippen LogP contribution < -0.4 is 0 Å². The van der Waals surface area contributed by atoms with Crippen molar-refractivity contribution in [3.05, 3.63) is 0 Å². The molecule has 0 unspecified atom stereocenters. The van der Waals surface area contributed by atoms with E-state index in [1.807, 2.05) is 0 Å². The van der Waals surface area contributed by atoms with Gasteiger partial charge in [0, 0.05) is 13.1 Å². The molecule has 0 aliphatic carbocycles. The molecule has 0 aliphatic heterocycles. The third-order valence-corrected chi connectivity index (χ3v) is 1.02. The summed E-state index contributed by atoms with van der Waals surface area (Å²) in [7, 11) is 0. The van der Waals surface area contributed by atoms with Crippen molar-refractivity contribution in [2.24, 2.45) is 0 Å². The molecule has 0 radical (unpaired) electrons. The molecule has 2 N–H and O–H groups in total. The van der Waals surface area contributed by atoms with E-state index in [9.17, 15) is 0 Å². The van der Waals surface area contributed by atoms with Gasteiger partial charge in [0.25, 0.3) is 0 Å². The zero-order chi connectivity index (χ0) is 6.41. The molecular formula is C4H10ClNO2. The largest absolute Gasteiger partial charge is 0.395 e. The molecule has 0 bridgehead atoms. The van der Waals surface area contributed by atoms with Gasteiger partial charge in [-0.15, -0.1) is 0 Å². The lowest BCUT2D eigenvalue weighted by Crippen LogP contribution is -2.19. The highest BCUT2D eigenvalue weighted by Gasteiger charge is 1.94. The predicted molar refractivity (Wildman–Crippen MR) is 31.6 cm³/mol. The molecule has 0 saturated carbocycles. The van der Waals surface area contributed by atoms with Crippen LogP contribution >= 0.6 is 11.8 Å². The minimum Gasteiger partial charge on any atom is -0.395 e. The summed E-state index contributed by atoms with van der Waals surface area (Å²) in [6.45, 7) is 0.872. The van der Waals surface area contributed by atoms with Crippen LogP contribution in [0.4, 0.5) is 0 Å². The molecule has 0 aromatic heterocycles. The molecule has 0 saturated heterocycles. The lowest BCUT2D eigenvalue weighted by atomic mass is 10.6. The molecular weight excluding hydrogens is 130 g/mol. The third-order valence-electron chi connectivity index (χ3n) is 0.685. The maximum atomic E-state index is 8.26. The molecule has 0 aromatic rings. The van der Waals surface area contributed by atoms with Gasteiger partial charge >= 0.3 is 0 Å². The lowest BCUT2D eigenvalue weighted by molar-refractivity contribution is 0.222. The Balaban J connectivity index is 2.92. The number of hydrogen-bond acceptors (Lipinski definition) is 3. The van der Waals surface area contributed by atoms with Gasteiger partial charge in [0.2, 0.25) is 0 Å². The summed E-state index contributed by atoms with van der Waals surface area (Å²) in [5.41, 5.74) is 0. The summed E-state index contributed by atoms with van der Waals surface area (Å²) < 4.78 is 1.33. The minimum atomic E-state index is 0.0312. The van der Waals surface area contributed by atoms with Gasteiger partial charge in [-0.3, -0.25) is 0 Å². The Bertz CT molecular complexity index is 47.3. The van der Waals surface area contributed by atoms with Gasteiger partial charge in [-0.05, 0) is 11.8 Å². The topological polar surface area (TPSA) is 43.7 Å². The van der Waals surface area contributed by atoms with Gasteiger partial charge in [0.05, 0.1) is 13.2 Å². The fourth-order valence-electron chi connectivity index (χ4n) is 0.329. The average Bonchev–Trinajstić information content (AvgIpc) is 1.68. The number of aliphatic hydroxyl groups is 2. The van der Waals surface area contributed by atoms with E-state index >= 15 is 0 Å². The Hall–Kier alpha value is 0.170. The van der Waals surface area contributed by atoms with Crippen molar-refractivity contribution in [2.45, 2.75) is 0 Å². The summed E-state index contributed by atoms with van der Waals surface area (Å²) >= 11 is 5.39. The first kappa shape index (κ1) is 8.17. The smallest absolute Gasteiger partial charge is 0.0571 e. The maximum Gasteiger partial charge on any atom is 0.0571 e. The first-order valence-corrected chi connectivity index (χ1v) is 2.77. The summed E-state index contributed by atoms with van der Waals surface area (Å²) in [6.07, 6.45) is 0. The monoisotopic (exact) mass is 139 g/mol. The van der Waals surface area contributed by atoms with E-state index in [4.69, 9.17) is 22.0 Å². The molecule has 4 heteroatoms. The summed E-state index contributed by atoms with van der Waals surface area (Å²) in [6, 6.07) is 0. The number of hydrogen-bond donors (Lipinski definition) is 2. The zero-order valence-electron chi connectivity index (χ0n) is 4.55. The molecule has 0 fully saturated rings. The molecule has 0 atom stereocenters. The van der Waals surface area contributed by atoms with Crippen LogP contribution in [0, 0.1) is 0 Å². The second-order valence-corrected chi connectivity index (χ2v) is 1.84. The van der Waals surface area contributed by atoms with Crippen LogP contribution in [0.15, 0.2) is 0 Å². The van der Waals surface area contributed by atoms with E-state index in [1.165, 1.54) is 4.42 Å². The van der Waals surface area contributed by atoms with E-state index in [2.05, 4.69) is 0 Å². The van der Waals surface area contributed by atoms with Gasteiger partial charge in [0.15, 0.2) is 0 Å². The highest BCUT2D eigenvalue weighted by atomic mass is 35.5. The molecule has 0 aromatic carbocycles. The van der Waals surface area contributed by atoms with Crippen molar-refractivity contribution >= 4 is 11.8 Å². The molecule has 0 rings (SSSR count). The fourth-order valence-corrected chi connectivity index (χ4v) is 0.480. The minimum absolute atomic E-state index is 0.0312. The molecule has 0 spiro atoms.